The Kier molecular flexibility index (Phi) is 3.26. The van der Waals surface area contributed by atoms with Gasteiger partial charge in [-0.05, 0) is 0 Å². The summed E-state index contributed by atoms with van der Waals surface area (Å²) in [6.45, 7) is 0.289. The highest BCUT2D eigenvalue weighted by Crippen LogP contribution is 2.16. The predicted molar refractivity (Wildman–Crippen MR) is 38.2 cm³/mol. The van der Waals surface area contributed by atoms with Gasteiger partial charge in [-0.25, -0.2) is 0 Å². The number of aliphatic hydroxyl groups is 1. The van der Waals surface area contributed by atoms with Gasteiger partial charge in [-0.1, -0.05) is 0 Å². The Morgan fingerprint density at radius 2 is 2.09 bits per heavy atom. The highest BCUT2D eigenvalue weighted by molar-refractivity contribution is 4.74. The molecule has 1 aliphatic rings. The molecule has 3 atom stereocenters. The first kappa shape index (κ1) is 8.93. The van der Waals surface area contributed by atoms with Crippen LogP contribution in [0.15, 0.2) is 0 Å². The summed E-state index contributed by atoms with van der Waals surface area (Å²) < 4.78 is 15.1. The molecule has 4 heteroatoms. The molecule has 0 aromatic heterocycles. The normalized spacial score (nSPS) is 39.0. The first-order valence-electron chi connectivity index (χ1n) is 3.63. The molecule has 0 saturated carbocycles. The van der Waals surface area contributed by atoms with E-state index in [0.717, 1.165) is 0 Å². The van der Waals surface area contributed by atoms with Crippen LogP contribution in [0.2, 0.25) is 0 Å². The van der Waals surface area contributed by atoms with Crippen LogP contribution in [0, 0.1) is 0 Å². The quantitative estimate of drug-likeness (QED) is 0.608. The van der Waals surface area contributed by atoms with Crippen LogP contribution in [-0.2, 0) is 14.2 Å². The monoisotopic (exact) mass is 162 g/mol. The van der Waals surface area contributed by atoms with Crippen LogP contribution in [0.1, 0.15) is 6.42 Å². The number of hydrogen-bond acceptors (Lipinski definition) is 4. The molecule has 11 heavy (non-hydrogen) atoms. The highest BCUT2D eigenvalue weighted by Gasteiger charge is 2.29. The Morgan fingerprint density at radius 3 is 2.64 bits per heavy atom. The van der Waals surface area contributed by atoms with Crippen LogP contribution in [0.3, 0.4) is 0 Å². The minimum atomic E-state index is -0.522. The van der Waals surface area contributed by atoms with Gasteiger partial charge in [0.25, 0.3) is 0 Å². The van der Waals surface area contributed by atoms with E-state index in [2.05, 4.69) is 0 Å². The van der Waals surface area contributed by atoms with Gasteiger partial charge in [0.05, 0.1) is 12.7 Å². The van der Waals surface area contributed by atoms with Gasteiger partial charge in [0.2, 0.25) is 0 Å². The lowest BCUT2D eigenvalue weighted by molar-refractivity contribution is -0.211. The standard InChI is InChI=1S/C7H14O4/c1-9-6-3-7(10-2)11-4-5(6)8/h5-8H,3-4H2,1-2H3/t5-,6-,7-/m1/s1. The third-order valence-corrected chi connectivity index (χ3v) is 1.87. The Balaban J connectivity index is 2.37. The molecule has 66 valence electrons. The van der Waals surface area contributed by atoms with Crippen LogP contribution in [0.4, 0.5) is 0 Å². The number of rotatable bonds is 2. The number of methoxy groups -OCH3 is 2. The van der Waals surface area contributed by atoms with Gasteiger partial charge in [0.1, 0.15) is 6.10 Å². The van der Waals surface area contributed by atoms with Gasteiger partial charge >= 0.3 is 0 Å². The molecule has 0 bridgehead atoms. The fourth-order valence-electron chi connectivity index (χ4n) is 1.15. The molecule has 0 aromatic carbocycles. The van der Waals surface area contributed by atoms with Gasteiger partial charge in [-0.3, -0.25) is 0 Å². The molecule has 0 amide bonds. The van der Waals surface area contributed by atoms with Gasteiger partial charge in [0.15, 0.2) is 6.29 Å². The fourth-order valence-corrected chi connectivity index (χ4v) is 1.15. The highest BCUT2D eigenvalue weighted by atomic mass is 16.7. The lowest BCUT2D eigenvalue weighted by atomic mass is 10.1. The van der Waals surface area contributed by atoms with E-state index in [1.165, 1.54) is 0 Å². The van der Waals surface area contributed by atoms with Gasteiger partial charge in [0, 0.05) is 20.6 Å². The summed E-state index contributed by atoms with van der Waals surface area (Å²) in [5.74, 6) is 0. The molecule has 0 aromatic rings. The van der Waals surface area contributed by atoms with Crippen molar-refractivity contribution < 1.29 is 19.3 Å². The van der Waals surface area contributed by atoms with Crippen molar-refractivity contribution in [3.63, 3.8) is 0 Å². The molecular formula is C7H14O4. The molecule has 1 fully saturated rings. The van der Waals surface area contributed by atoms with Crippen molar-refractivity contribution in [2.24, 2.45) is 0 Å². The van der Waals surface area contributed by atoms with Crippen molar-refractivity contribution >= 4 is 0 Å². The van der Waals surface area contributed by atoms with E-state index >= 15 is 0 Å². The number of ether oxygens (including phenoxy) is 3. The Labute approximate surface area is 66.1 Å². The second-order valence-electron chi connectivity index (χ2n) is 2.58. The molecular weight excluding hydrogens is 148 g/mol. The number of aliphatic hydroxyl groups excluding tert-OH is 1. The van der Waals surface area contributed by atoms with E-state index in [4.69, 9.17) is 14.2 Å². The van der Waals surface area contributed by atoms with Crippen LogP contribution < -0.4 is 0 Å². The fraction of sp³-hybridized carbons (Fsp3) is 1.00. The molecule has 1 saturated heterocycles. The second-order valence-corrected chi connectivity index (χ2v) is 2.58. The SMILES string of the molecule is CO[C@H]1C[C@@H](OC)[C@H](O)CO1. The Bertz CT molecular complexity index is 117. The largest absolute Gasteiger partial charge is 0.388 e. The molecule has 1 N–H and O–H groups in total. The smallest absolute Gasteiger partial charge is 0.159 e. The van der Waals surface area contributed by atoms with Gasteiger partial charge < -0.3 is 19.3 Å². The summed E-state index contributed by atoms with van der Waals surface area (Å²) in [5, 5.41) is 9.28. The second kappa shape index (κ2) is 4.01. The lowest BCUT2D eigenvalue weighted by Crippen LogP contribution is -2.42. The first-order chi connectivity index (χ1) is 5.27. The van der Waals surface area contributed by atoms with Crippen LogP contribution in [-0.4, -0.2) is 44.4 Å². The summed E-state index contributed by atoms with van der Waals surface area (Å²) in [7, 11) is 3.15. The third kappa shape index (κ3) is 2.13. The molecule has 0 spiro atoms. The summed E-state index contributed by atoms with van der Waals surface area (Å²) >= 11 is 0. The third-order valence-electron chi connectivity index (χ3n) is 1.87. The maximum atomic E-state index is 9.28. The molecule has 1 heterocycles. The average molecular weight is 162 g/mol. The predicted octanol–water partition coefficient (Wildman–Crippen LogP) is -0.245. The maximum Gasteiger partial charge on any atom is 0.159 e. The van der Waals surface area contributed by atoms with Crippen molar-refractivity contribution in [2.45, 2.75) is 24.9 Å². The van der Waals surface area contributed by atoms with Crippen LogP contribution in [0.25, 0.3) is 0 Å². The summed E-state index contributed by atoms with van der Waals surface area (Å²) in [4.78, 5) is 0. The zero-order valence-electron chi connectivity index (χ0n) is 6.82. The van der Waals surface area contributed by atoms with E-state index in [0.29, 0.717) is 6.42 Å². The maximum absolute atomic E-state index is 9.28. The Hall–Kier alpha value is -0.160. The zero-order chi connectivity index (χ0) is 8.27. The Morgan fingerprint density at radius 1 is 1.36 bits per heavy atom. The first-order valence-corrected chi connectivity index (χ1v) is 3.63. The summed E-state index contributed by atoms with van der Waals surface area (Å²) in [6.07, 6.45) is -0.322. The van der Waals surface area contributed by atoms with Crippen molar-refractivity contribution in [3.05, 3.63) is 0 Å². The zero-order valence-corrected chi connectivity index (χ0v) is 6.82. The molecule has 0 unspecified atom stereocenters. The van der Waals surface area contributed by atoms with Crippen molar-refractivity contribution in [3.8, 4) is 0 Å². The van der Waals surface area contributed by atoms with Gasteiger partial charge in [-0.2, -0.15) is 0 Å². The van der Waals surface area contributed by atoms with E-state index in [-0.39, 0.29) is 19.0 Å². The van der Waals surface area contributed by atoms with E-state index < -0.39 is 6.10 Å². The van der Waals surface area contributed by atoms with Crippen molar-refractivity contribution in [2.75, 3.05) is 20.8 Å². The summed E-state index contributed by atoms with van der Waals surface area (Å²) in [6, 6.07) is 0. The van der Waals surface area contributed by atoms with Crippen LogP contribution in [0.5, 0.6) is 0 Å². The minimum absolute atomic E-state index is 0.159. The van der Waals surface area contributed by atoms with Crippen LogP contribution >= 0.6 is 0 Å². The van der Waals surface area contributed by atoms with Crippen molar-refractivity contribution in [1.82, 2.24) is 0 Å². The van der Waals surface area contributed by atoms with Crippen molar-refractivity contribution in [1.29, 1.82) is 0 Å². The minimum Gasteiger partial charge on any atom is -0.388 e. The van der Waals surface area contributed by atoms with E-state index in [9.17, 15) is 5.11 Å². The van der Waals surface area contributed by atoms with E-state index in [1.54, 1.807) is 14.2 Å². The summed E-state index contributed by atoms with van der Waals surface area (Å²) in [5.41, 5.74) is 0. The van der Waals surface area contributed by atoms with E-state index in [1.807, 2.05) is 0 Å². The molecule has 1 rings (SSSR count). The molecule has 0 radical (unpaired) electrons. The molecule has 0 aliphatic carbocycles. The average Bonchev–Trinajstić information content (AvgIpc) is 2.05. The molecule has 1 aliphatic heterocycles. The topological polar surface area (TPSA) is 47.9 Å². The lowest BCUT2D eigenvalue weighted by Gasteiger charge is -2.31. The molecule has 4 nitrogen and oxygen atoms in total. The van der Waals surface area contributed by atoms with Gasteiger partial charge in [-0.15, -0.1) is 0 Å². The number of hydrogen-bond donors (Lipinski definition) is 1.